The lowest BCUT2D eigenvalue weighted by atomic mass is 10.0. The Hall–Kier alpha value is -0.780. The molecule has 0 radical (unpaired) electrons. The first kappa shape index (κ1) is 8.32. The second kappa shape index (κ2) is 4.95. The third-order valence-corrected chi connectivity index (χ3v) is 1.83. The molecule has 0 atom stereocenters. The molecule has 0 saturated heterocycles. The normalized spacial score (nSPS) is 17.4. The average molecular weight is 148 g/mol. The van der Waals surface area contributed by atoms with Gasteiger partial charge in [0.2, 0.25) is 0 Å². The Morgan fingerprint density at radius 1 is 1.55 bits per heavy atom. The number of rotatable bonds is 3. The summed E-state index contributed by atoms with van der Waals surface area (Å²) in [6.45, 7) is 2.21. The largest absolute Gasteiger partial charge is 0.0843 e. The molecule has 0 nitrogen and oxygen atoms in total. The van der Waals surface area contributed by atoms with E-state index < -0.39 is 0 Å². The number of hydrogen-bond acceptors (Lipinski definition) is 0. The minimum Gasteiger partial charge on any atom is -0.0843 e. The van der Waals surface area contributed by atoms with Crippen molar-refractivity contribution in [3.63, 3.8) is 0 Å². The summed E-state index contributed by atoms with van der Waals surface area (Å²) < 4.78 is 0. The zero-order chi connectivity index (χ0) is 7.94. The first-order chi connectivity index (χ1) is 5.43. The first-order valence-corrected chi connectivity index (χ1v) is 4.45. The molecule has 0 spiro atoms. The topological polar surface area (TPSA) is 0 Å². The summed E-state index contributed by atoms with van der Waals surface area (Å²) in [5.74, 6) is 0. The highest BCUT2D eigenvalue weighted by Gasteiger charge is 1.92. The fraction of sp³-hybridized carbons (Fsp3) is 0.455. The summed E-state index contributed by atoms with van der Waals surface area (Å²) in [5, 5.41) is 0. The molecule has 0 aromatic carbocycles. The fourth-order valence-corrected chi connectivity index (χ4v) is 1.16. The Balaban J connectivity index is 2.35. The minimum atomic E-state index is 1.21. The molecular weight excluding hydrogens is 132 g/mol. The van der Waals surface area contributed by atoms with Crippen molar-refractivity contribution in [1.82, 2.24) is 0 Å². The van der Waals surface area contributed by atoms with Crippen molar-refractivity contribution in [2.45, 2.75) is 32.6 Å². The molecule has 0 amide bonds. The van der Waals surface area contributed by atoms with Crippen LogP contribution in [0.25, 0.3) is 0 Å². The quantitative estimate of drug-likeness (QED) is 0.573. The molecule has 0 heterocycles. The summed E-state index contributed by atoms with van der Waals surface area (Å²) in [7, 11) is 0. The highest BCUT2D eigenvalue weighted by atomic mass is 14.0. The lowest BCUT2D eigenvalue weighted by Gasteiger charge is -2.01. The average Bonchev–Trinajstić information content (AvgIpc) is 2.07. The number of unbranched alkanes of at least 4 members (excludes halogenated alkanes) is 1. The van der Waals surface area contributed by atoms with Crippen LogP contribution in [0.4, 0.5) is 0 Å². The molecular formula is C11H16. The van der Waals surface area contributed by atoms with Crippen LogP contribution < -0.4 is 0 Å². The van der Waals surface area contributed by atoms with Crippen molar-refractivity contribution in [2.75, 3.05) is 0 Å². The second-order valence-electron chi connectivity index (χ2n) is 2.90. The van der Waals surface area contributed by atoms with E-state index in [9.17, 15) is 0 Å². The highest BCUT2D eigenvalue weighted by Crippen LogP contribution is 2.12. The van der Waals surface area contributed by atoms with E-state index in [4.69, 9.17) is 0 Å². The van der Waals surface area contributed by atoms with Crippen molar-refractivity contribution >= 4 is 0 Å². The van der Waals surface area contributed by atoms with Gasteiger partial charge in [0.25, 0.3) is 0 Å². The lowest BCUT2D eigenvalue weighted by Crippen LogP contribution is -1.81. The molecule has 11 heavy (non-hydrogen) atoms. The Bertz CT molecular complexity index is 182. The standard InChI is InChI=1S/C11H16/c1-2-3-5-8-11-9-6-4-7-10-11/h4-6,8-9H,2-3,7,10H2,1H3/b8-5-. The number of allylic oxidation sites excluding steroid dienone is 6. The summed E-state index contributed by atoms with van der Waals surface area (Å²) in [6.07, 6.45) is 16.0. The summed E-state index contributed by atoms with van der Waals surface area (Å²) in [6, 6.07) is 0. The SMILES string of the molecule is CCC/C=C\C1=CC=CCC1. The maximum absolute atomic E-state index is 2.27. The maximum atomic E-state index is 2.27. The van der Waals surface area contributed by atoms with E-state index in [0.717, 1.165) is 0 Å². The van der Waals surface area contributed by atoms with E-state index in [2.05, 4.69) is 37.3 Å². The molecule has 0 saturated carbocycles. The van der Waals surface area contributed by atoms with Crippen LogP contribution in [0.15, 0.2) is 36.0 Å². The van der Waals surface area contributed by atoms with E-state index in [1.807, 2.05) is 0 Å². The zero-order valence-electron chi connectivity index (χ0n) is 7.22. The molecule has 0 heteroatoms. The van der Waals surface area contributed by atoms with Crippen LogP contribution in [0, 0.1) is 0 Å². The maximum Gasteiger partial charge on any atom is -0.0244 e. The van der Waals surface area contributed by atoms with Gasteiger partial charge in [-0.2, -0.15) is 0 Å². The Labute approximate surface area is 69.3 Å². The van der Waals surface area contributed by atoms with E-state index in [-0.39, 0.29) is 0 Å². The van der Waals surface area contributed by atoms with Crippen LogP contribution in [0.2, 0.25) is 0 Å². The van der Waals surface area contributed by atoms with Gasteiger partial charge in [-0.25, -0.2) is 0 Å². The summed E-state index contributed by atoms with van der Waals surface area (Å²) in [4.78, 5) is 0. The van der Waals surface area contributed by atoms with Crippen molar-refractivity contribution in [1.29, 1.82) is 0 Å². The smallest absolute Gasteiger partial charge is 0.0244 e. The van der Waals surface area contributed by atoms with Gasteiger partial charge < -0.3 is 0 Å². The molecule has 0 aliphatic heterocycles. The highest BCUT2D eigenvalue weighted by molar-refractivity contribution is 5.26. The van der Waals surface area contributed by atoms with Crippen molar-refractivity contribution < 1.29 is 0 Å². The Kier molecular flexibility index (Phi) is 3.74. The van der Waals surface area contributed by atoms with Gasteiger partial charge in [0, 0.05) is 0 Å². The van der Waals surface area contributed by atoms with Crippen molar-refractivity contribution in [3.8, 4) is 0 Å². The molecule has 0 N–H and O–H groups in total. The molecule has 0 aromatic heterocycles. The summed E-state index contributed by atoms with van der Waals surface area (Å²) >= 11 is 0. The number of hydrogen-bond donors (Lipinski definition) is 0. The van der Waals surface area contributed by atoms with Crippen LogP contribution in [-0.2, 0) is 0 Å². The molecule has 0 aromatic rings. The molecule has 60 valence electrons. The molecule has 1 aliphatic rings. The molecule has 0 unspecified atom stereocenters. The molecule has 1 rings (SSSR count). The van der Waals surface area contributed by atoms with Crippen LogP contribution in [0.5, 0.6) is 0 Å². The van der Waals surface area contributed by atoms with Gasteiger partial charge in [0.15, 0.2) is 0 Å². The van der Waals surface area contributed by atoms with E-state index in [1.54, 1.807) is 0 Å². The first-order valence-electron chi connectivity index (χ1n) is 4.45. The third kappa shape index (κ3) is 3.22. The van der Waals surface area contributed by atoms with Crippen LogP contribution in [0.1, 0.15) is 32.6 Å². The van der Waals surface area contributed by atoms with E-state index in [1.165, 1.54) is 31.3 Å². The van der Waals surface area contributed by atoms with Crippen molar-refractivity contribution in [3.05, 3.63) is 36.0 Å². The lowest BCUT2D eigenvalue weighted by molar-refractivity contribution is 0.947. The molecule has 1 aliphatic carbocycles. The Morgan fingerprint density at radius 2 is 2.45 bits per heavy atom. The molecule has 0 bridgehead atoms. The monoisotopic (exact) mass is 148 g/mol. The van der Waals surface area contributed by atoms with Gasteiger partial charge in [-0.15, -0.1) is 0 Å². The van der Waals surface area contributed by atoms with Crippen LogP contribution in [0.3, 0.4) is 0 Å². The van der Waals surface area contributed by atoms with Crippen LogP contribution in [-0.4, -0.2) is 0 Å². The fourth-order valence-electron chi connectivity index (χ4n) is 1.16. The Morgan fingerprint density at radius 3 is 3.09 bits per heavy atom. The van der Waals surface area contributed by atoms with Gasteiger partial charge in [0.05, 0.1) is 0 Å². The van der Waals surface area contributed by atoms with Gasteiger partial charge in [-0.05, 0) is 24.8 Å². The predicted octanol–water partition coefficient (Wildman–Crippen LogP) is 3.62. The second-order valence-corrected chi connectivity index (χ2v) is 2.90. The molecule has 0 fully saturated rings. The summed E-state index contributed by atoms with van der Waals surface area (Å²) in [5.41, 5.74) is 1.47. The van der Waals surface area contributed by atoms with Crippen LogP contribution >= 0.6 is 0 Å². The van der Waals surface area contributed by atoms with E-state index in [0.29, 0.717) is 0 Å². The zero-order valence-corrected chi connectivity index (χ0v) is 7.22. The van der Waals surface area contributed by atoms with Gasteiger partial charge in [0.1, 0.15) is 0 Å². The van der Waals surface area contributed by atoms with E-state index >= 15 is 0 Å². The minimum absolute atomic E-state index is 1.21. The predicted molar refractivity (Wildman–Crippen MR) is 50.5 cm³/mol. The van der Waals surface area contributed by atoms with Gasteiger partial charge >= 0.3 is 0 Å². The van der Waals surface area contributed by atoms with Gasteiger partial charge in [-0.1, -0.05) is 43.7 Å². The van der Waals surface area contributed by atoms with Gasteiger partial charge in [-0.3, -0.25) is 0 Å². The third-order valence-electron chi connectivity index (χ3n) is 1.83. The van der Waals surface area contributed by atoms with Crippen molar-refractivity contribution in [2.24, 2.45) is 0 Å².